The van der Waals surface area contributed by atoms with Gasteiger partial charge < -0.3 is 14.4 Å². The molecule has 0 radical (unpaired) electrons. The fraction of sp³-hybridized carbons (Fsp3) is 0.300. The molecule has 35 heavy (non-hydrogen) atoms. The summed E-state index contributed by atoms with van der Waals surface area (Å²) in [6.07, 6.45) is 4.44. The van der Waals surface area contributed by atoms with Crippen molar-refractivity contribution in [2.75, 3.05) is 31.7 Å². The Balaban J connectivity index is 1.53. The first-order valence-electron chi connectivity index (χ1n) is 12.3. The van der Waals surface area contributed by atoms with Gasteiger partial charge in [0.05, 0.1) is 19.2 Å². The number of hydrogen-bond acceptors (Lipinski definition) is 4. The van der Waals surface area contributed by atoms with Crippen LogP contribution in [0, 0.1) is 12.7 Å². The van der Waals surface area contributed by atoms with Crippen LogP contribution in [0.2, 0.25) is 0 Å². The van der Waals surface area contributed by atoms with Crippen molar-refractivity contribution in [3.05, 3.63) is 83.8 Å². The van der Waals surface area contributed by atoms with Crippen molar-refractivity contribution in [2.45, 2.75) is 32.6 Å². The molecule has 0 aliphatic carbocycles. The molecule has 2 heterocycles. The molecule has 0 saturated carbocycles. The van der Waals surface area contributed by atoms with E-state index in [1.165, 1.54) is 37.1 Å². The van der Waals surface area contributed by atoms with Crippen molar-refractivity contribution in [3.8, 4) is 22.6 Å². The zero-order chi connectivity index (χ0) is 24.2. The van der Waals surface area contributed by atoms with E-state index < -0.39 is 0 Å². The van der Waals surface area contributed by atoms with Crippen LogP contribution < -0.4 is 14.4 Å². The number of benzene rings is 3. The van der Waals surface area contributed by atoms with E-state index in [2.05, 4.69) is 23.1 Å². The van der Waals surface area contributed by atoms with E-state index in [4.69, 9.17) is 14.5 Å². The molecule has 0 N–H and O–H groups in total. The van der Waals surface area contributed by atoms with E-state index in [1.807, 2.05) is 43.3 Å². The van der Waals surface area contributed by atoms with Gasteiger partial charge in [-0.2, -0.15) is 0 Å². The topological polar surface area (TPSA) is 34.6 Å². The summed E-state index contributed by atoms with van der Waals surface area (Å²) in [6, 6.07) is 21.0. The van der Waals surface area contributed by atoms with Crippen LogP contribution >= 0.6 is 0 Å². The first-order valence-corrected chi connectivity index (χ1v) is 12.3. The van der Waals surface area contributed by atoms with Crippen LogP contribution in [0.5, 0.6) is 11.5 Å². The minimum absolute atomic E-state index is 0.234. The molecule has 5 rings (SSSR count). The molecular formula is C30H31FN2O2. The average Bonchev–Trinajstić information content (AvgIpc) is 2.90. The number of fused-ring (bicyclic) bond motifs is 1. The molecule has 0 spiro atoms. The van der Waals surface area contributed by atoms with Crippen LogP contribution in [-0.4, -0.2) is 31.8 Å². The van der Waals surface area contributed by atoms with Crippen LogP contribution in [-0.2, 0) is 6.42 Å². The number of piperidine rings is 1. The van der Waals surface area contributed by atoms with Crippen molar-refractivity contribution in [3.63, 3.8) is 0 Å². The Morgan fingerprint density at radius 2 is 1.60 bits per heavy atom. The number of halogens is 1. The normalized spacial score (nSPS) is 13.7. The average molecular weight is 471 g/mol. The second-order valence-corrected chi connectivity index (χ2v) is 9.08. The summed E-state index contributed by atoms with van der Waals surface area (Å²) in [5.41, 5.74) is 6.41. The Hall–Kier alpha value is -3.60. The van der Waals surface area contributed by atoms with Gasteiger partial charge in [0.2, 0.25) is 0 Å². The van der Waals surface area contributed by atoms with Gasteiger partial charge in [0.15, 0.2) is 0 Å². The first-order chi connectivity index (χ1) is 17.1. The summed E-state index contributed by atoms with van der Waals surface area (Å²) in [5, 5.41) is 1.10. The summed E-state index contributed by atoms with van der Waals surface area (Å²) in [5.74, 6) is 1.37. The lowest BCUT2D eigenvalue weighted by molar-refractivity contribution is 0.321. The Labute approximate surface area is 206 Å². The number of aromatic nitrogens is 1. The van der Waals surface area contributed by atoms with E-state index in [9.17, 15) is 4.39 Å². The molecule has 1 saturated heterocycles. The SMILES string of the molecule is COc1ccc(OCCc2c(C)nc3ccc(N4CCCCC4)cc3c2-c2ccc(F)cc2)cc1. The van der Waals surface area contributed by atoms with E-state index in [-0.39, 0.29) is 5.82 Å². The molecule has 180 valence electrons. The molecule has 0 atom stereocenters. The van der Waals surface area contributed by atoms with Crippen LogP contribution in [0.15, 0.2) is 66.7 Å². The van der Waals surface area contributed by atoms with E-state index in [1.54, 1.807) is 7.11 Å². The third kappa shape index (κ3) is 5.09. The van der Waals surface area contributed by atoms with Crippen LogP contribution in [0.25, 0.3) is 22.0 Å². The highest BCUT2D eigenvalue weighted by molar-refractivity contribution is 5.98. The van der Waals surface area contributed by atoms with Gasteiger partial charge in [-0.05, 0) is 97.5 Å². The minimum atomic E-state index is -0.234. The molecule has 0 bridgehead atoms. The van der Waals surface area contributed by atoms with Crippen molar-refractivity contribution in [2.24, 2.45) is 0 Å². The van der Waals surface area contributed by atoms with Crippen molar-refractivity contribution in [1.29, 1.82) is 0 Å². The minimum Gasteiger partial charge on any atom is -0.497 e. The standard InChI is InChI=1S/C30H31FN2O2/c1-21-27(16-19-35-26-13-11-25(34-2)12-14-26)30(22-6-8-23(31)9-7-22)28-20-24(10-15-29(28)32-21)33-17-4-3-5-18-33/h6-15,20H,3-5,16-19H2,1-2H3. The number of methoxy groups -OCH3 is 1. The highest BCUT2D eigenvalue weighted by Gasteiger charge is 2.18. The number of hydrogen-bond donors (Lipinski definition) is 0. The third-order valence-corrected chi connectivity index (χ3v) is 6.81. The maximum Gasteiger partial charge on any atom is 0.123 e. The van der Waals surface area contributed by atoms with Gasteiger partial charge in [-0.1, -0.05) is 12.1 Å². The molecule has 1 fully saturated rings. The molecule has 4 aromatic rings. The maximum absolute atomic E-state index is 13.8. The predicted octanol–water partition coefficient (Wildman–Crippen LogP) is 6.97. The molecule has 5 heteroatoms. The molecule has 1 aliphatic rings. The number of rotatable bonds is 7. The van der Waals surface area contributed by atoms with Crippen molar-refractivity contribution < 1.29 is 13.9 Å². The number of nitrogens with zero attached hydrogens (tertiary/aromatic N) is 2. The molecule has 0 unspecified atom stereocenters. The Bertz CT molecular complexity index is 1300. The maximum atomic E-state index is 13.8. The molecule has 1 aromatic heterocycles. The lowest BCUT2D eigenvalue weighted by atomic mass is 9.92. The van der Waals surface area contributed by atoms with Crippen molar-refractivity contribution >= 4 is 16.6 Å². The number of aryl methyl sites for hydroxylation is 1. The third-order valence-electron chi connectivity index (χ3n) is 6.81. The predicted molar refractivity (Wildman–Crippen MR) is 140 cm³/mol. The lowest BCUT2D eigenvalue weighted by Gasteiger charge is -2.29. The van der Waals surface area contributed by atoms with E-state index in [0.29, 0.717) is 13.0 Å². The Morgan fingerprint density at radius 1 is 0.886 bits per heavy atom. The lowest BCUT2D eigenvalue weighted by Crippen LogP contribution is -2.29. The first kappa shape index (κ1) is 23.2. The quantitative estimate of drug-likeness (QED) is 0.292. The second kappa shape index (κ2) is 10.3. The number of anilines is 1. The zero-order valence-electron chi connectivity index (χ0n) is 20.4. The zero-order valence-corrected chi connectivity index (χ0v) is 20.4. The van der Waals surface area contributed by atoms with Gasteiger partial charge >= 0.3 is 0 Å². The Kier molecular flexibility index (Phi) is 6.84. The molecule has 0 amide bonds. The van der Waals surface area contributed by atoms with Gasteiger partial charge in [0, 0.05) is 36.3 Å². The molecule has 3 aromatic carbocycles. The van der Waals surface area contributed by atoms with Gasteiger partial charge in [-0.3, -0.25) is 4.98 Å². The monoisotopic (exact) mass is 470 g/mol. The van der Waals surface area contributed by atoms with Crippen LogP contribution in [0.4, 0.5) is 10.1 Å². The number of ether oxygens (including phenoxy) is 2. The molecule has 4 nitrogen and oxygen atoms in total. The fourth-order valence-electron chi connectivity index (χ4n) is 4.96. The molecule has 1 aliphatic heterocycles. The highest BCUT2D eigenvalue weighted by Crippen LogP contribution is 2.36. The van der Waals surface area contributed by atoms with Gasteiger partial charge in [0.25, 0.3) is 0 Å². The second-order valence-electron chi connectivity index (χ2n) is 9.08. The highest BCUT2D eigenvalue weighted by atomic mass is 19.1. The summed E-state index contributed by atoms with van der Waals surface area (Å²) >= 11 is 0. The van der Waals surface area contributed by atoms with Gasteiger partial charge in [-0.25, -0.2) is 4.39 Å². The summed E-state index contributed by atoms with van der Waals surface area (Å²) in [4.78, 5) is 7.41. The van der Waals surface area contributed by atoms with Gasteiger partial charge in [-0.15, -0.1) is 0 Å². The molecular weight excluding hydrogens is 439 g/mol. The fourth-order valence-corrected chi connectivity index (χ4v) is 4.96. The number of pyridine rings is 1. The van der Waals surface area contributed by atoms with E-state index >= 15 is 0 Å². The van der Waals surface area contributed by atoms with Crippen LogP contribution in [0.1, 0.15) is 30.5 Å². The largest absolute Gasteiger partial charge is 0.497 e. The Morgan fingerprint density at radius 3 is 2.31 bits per heavy atom. The summed E-state index contributed by atoms with van der Waals surface area (Å²) in [7, 11) is 1.65. The van der Waals surface area contributed by atoms with E-state index in [0.717, 1.165) is 57.9 Å². The smallest absolute Gasteiger partial charge is 0.123 e. The van der Waals surface area contributed by atoms with Crippen LogP contribution in [0.3, 0.4) is 0 Å². The summed E-state index contributed by atoms with van der Waals surface area (Å²) < 4.78 is 25.1. The summed E-state index contributed by atoms with van der Waals surface area (Å²) in [6.45, 7) is 4.73. The van der Waals surface area contributed by atoms with Gasteiger partial charge in [0.1, 0.15) is 17.3 Å². The van der Waals surface area contributed by atoms with Crippen molar-refractivity contribution in [1.82, 2.24) is 4.98 Å².